The maximum absolute atomic E-state index is 11.7. The molecule has 0 heterocycles. The van der Waals surface area contributed by atoms with Crippen LogP contribution in [0.25, 0.3) is 0 Å². The van der Waals surface area contributed by atoms with Crippen LogP contribution in [0.2, 0.25) is 0 Å². The number of ketones is 1. The van der Waals surface area contributed by atoms with Crippen molar-refractivity contribution in [1.82, 2.24) is 4.90 Å². The van der Waals surface area contributed by atoms with E-state index in [0.717, 1.165) is 19.3 Å². The molecule has 0 atom stereocenters. The highest BCUT2D eigenvalue weighted by molar-refractivity contribution is 5.83. The SMILES string of the molecule is CC(=O)CCC(=O)N(CCO)C1CCC1. The minimum Gasteiger partial charge on any atom is -0.395 e. The third kappa shape index (κ3) is 3.63. The van der Waals surface area contributed by atoms with Gasteiger partial charge in [-0.2, -0.15) is 0 Å². The summed E-state index contributed by atoms with van der Waals surface area (Å²) in [6.45, 7) is 1.90. The molecule has 1 fully saturated rings. The van der Waals surface area contributed by atoms with Gasteiger partial charge < -0.3 is 14.8 Å². The Balaban J connectivity index is 2.39. The van der Waals surface area contributed by atoms with Crippen molar-refractivity contribution in [3.05, 3.63) is 0 Å². The van der Waals surface area contributed by atoms with Crippen molar-refractivity contribution >= 4 is 11.7 Å². The monoisotopic (exact) mass is 213 g/mol. The van der Waals surface area contributed by atoms with E-state index in [1.807, 2.05) is 0 Å². The molecule has 0 aromatic rings. The van der Waals surface area contributed by atoms with Gasteiger partial charge in [0.15, 0.2) is 0 Å². The maximum atomic E-state index is 11.7. The molecule has 0 unspecified atom stereocenters. The summed E-state index contributed by atoms with van der Waals surface area (Å²) in [5, 5.41) is 8.87. The Kier molecular flexibility index (Phi) is 4.75. The van der Waals surface area contributed by atoms with E-state index in [0.29, 0.717) is 19.0 Å². The van der Waals surface area contributed by atoms with Crippen molar-refractivity contribution in [2.24, 2.45) is 0 Å². The molecule has 1 amide bonds. The summed E-state index contributed by atoms with van der Waals surface area (Å²) in [5.41, 5.74) is 0. The number of aliphatic hydroxyl groups excluding tert-OH is 1. The van der Waals surface area contributed by atoms with Gasteiger partial charge in [0.2, 0.25) is 5.91 Å². The number of hydrogen-bond donors (Lipinski definition) is 1. The Bertz CT molecular complexity index is 236. The van der Waals surface area contributed by atoms with Crippen LogP contribution in [0.5, 0.6) is 0 Å². The Morgan fingerprint density at radius 2 is 2.00 bits per heavy atom. The van der Waals surface area contributed by atoms with Crippen LogP contribution in [0.15, 0.2) is 0 Å². The molecular formula is C11H19NO3. The number of amides is 1. The van der Waals surface area contributed by atoms with Crippen LogP contribution in [0.4, 0.5) is 0 Å². The molecule has 1 saturated carbocycles. The Labute approximate surface area is 90.3 Å². The summed E-state index contributed by atoms with van der Waals surface area (Å²) >= 11 is 0. The molecule has 4 heteroatoms. The fraction of sp³-hybridized carbons (Fsp3) is 0.818. The Morgan fingerprint density at radius 1 is 1.33 bits per heavy atom. The quantitative estimate of drug-likeness (QED) is 0.707. The third-order valence-corrected chi connectivity index (χ3v) is 2.87. The molecule has 15 heavy (non-hydrogen) atoms. The lowest BCUT2D eigenvalue weighted by Crippen LogP contribution is -2.45. The molecule has 0 aromatic carbocycles. The fourth-order valence-corrected chi connectivity index (χ4v) is 1.74. The van der Waals surface area contributed by atoms with Crippen LogP contribution in [0, 0.1) is 0 Å². The average molecular weight is 213 g/mol. The second-order valence-electron chi connectivity index (χ2n) is 4.10. The molecule has 1 rings (SSSR count). The second kappa shape index (κ2) is 5.85. The van der Waals surface area contributed by atoms with Gasteiger partial charge in [0.05, 0.1) is 6.61 Å². The van der Waals surface area contributed by atoms with Crippen molar-refractivity contribution in [2.75, 3.05) is 13.2 Å². The molecule has 0 spiro atoms. The molecule has 0 aromatic heterocycles. The number of hydrogen-bond acceptors (Lipinski definition) is 3. The lowest BCUT2D eigenvalue weighted by Gasteiger charge is -2.37. The number of nitrogens with zero attached hydrogens (tertiary/aromatic N) is 1. The van der Waals surface area contributed by atoms with Gasteiger partial charge in [-0.15, -0.1) is 0 Å². The number of carbonyl (C=O) groups excluding carboxylic acids is 2. The first-order chi connectivity index (χ1) is 7.15. The van der Waals surface area contributed by atoms with Gasteiger partial charge in [-0.05, 0) is 26.2 Å². The van der Waals surface area contributed by atoms with E-state index in [4.69, 9.17) is 5.11 Å². The molecule has 86 valence electrons. The highest BCUT2D eigenvalue weighted by atomic mass is 16.3. The highest BCUT2D eigenvalue weighted by Gasteiger charge is 2.27. The molecule has 4 nitrogen and oxygen atoms in total. The van der Waals surface area contributed by atoms with E-state index in [1.165, 1.54) is 6.92 Å². The van der Waals surface area contributed by atoms with Gasteiger partial charge in [-0.3, -0.25) is 4.79 Å². The average Bonchev–Trinajstić information content (AvgIpc) is 2.10. The first kappa shape index (κ1) is 12.2. The molecule has 0 aliphatic heterocycles. The third-order valence-electron chi connectivity index (χ3n) is 2.87. The Morgan fingerprint density at radius 3 is 2.40 bits per heavy atom. The largest absolute Gasteiger partial charge is 0.395 e. The lowest BCUT2D eigenvalue weighted by atomic mass is 9.91. The van der Waals surface area contributed by atoms with Crippen LogP contribution in [-0.4, -0.2) is 40.9 Å². The molecule has 1 aliphatic carbocycles. The summed E-state index contributed by atoms with van der Waals surface area (Å²) < 4.78 is 0. The summed E-state index contributed by atoms with van der Waals surface area (Å²) in [6.07, 6.45) is 3.82. The van der Waals surface area contributed by atoms with Crippen LogP contribution in [0.3, 0.4) is 0 Å². The van der Waals surface area contributed by atoms with Crippen molar-refractivity contribution in [1.29, 1.82) is 0 Å². The summed E-state index contributed by atoms with van der Waals surface area (Å²) in [5.74, 6) is 0.0462. The standard InChI is InChI=1S/C11H19NO3/c1-9(14)5-6-11(15)12(7-8-13)10-3-2-4-10/h10,13H,2-8H2,1H3. The van der Waals surface area contributed by atoms with E-state index in [1.54, 1.807) is 4.90 Å². The molecule has 0 bridgehead atoms. The van der Waals surface area contributed by atoms with E-state index in [9.17, 15) is 9.59 Å². The van der Waals surface area contributed by atoms with Crippen LogP contribution in [0.1, 0.15) is 39.0 Å². The minimum absolute atomic E-state index is 0.00229. The molecule has 0 saturated heterocycles. The van der Waals surface area contributed by atoms with Gasteiger partial charge >= 0.3 is 0 Å². The predicted octanol–water partition coefficient (Wildman–Crippen LogP) is 0.729. The minimum atomic E-state index is 0.00229. The zero-order valence-corrected chi connectivity index (χ0v) is 9.24. The topological polar surface area (TPSA) is 57.6 Å². The zero-order chi connectivity index (χ0) is 11.3. The van der Waals surface area contributed by atoms with Gasteiger partial charge in [0.1, 0.15) is 5.78 Å². The van der Waals surface area contributed by atoms with E-state index >= 15 is 0 Å². The number of aliphatic hydroxyl groups is 1. The fourth-order valence-electron chi connectivity index (χ4n) is 1.74. The first-order valence-electron chi connectivity index (χ1n) is 5.55. The van der Waals surface area contributed by atoms with Gasteiger partial charge in [-0.25, -0.2) is 0 Å². The zero-order valence-electron chi connectivity index (χ0n) is 9.24. The number of carbonyl (C=O) groups is 2. The molecule has 1 aliphatic rings. The van der Waals surface area contributed by atoms with Crippen LogP contribution >= 0.6 is 0 Å². The number of rotatable bonds is 6. The van der Waals surface area contributed by atoms with E-state index < -0.39 is 0 Å². The van der Waals surface area contributed by atoms with Gasteiger partial charge in [-0.1, -0.05) is 0 Å². The highest BCUT2D eigenvalue weighted by Crippen LogP contribution is 2.25. The molecule has 0 radical (unpaired) electrons. The second-order valence-corrected chi connectivity index (χ2v) is 4.10. The lowest BCUT2D eigenvalue weighted by molar-refractivity contribution is -0.137. The summed E-state index contributed by atoms with van der Waals surface area (Å²) in [4.78, 5) is 24.2. The smallest absolute Gasteiger partial charge is 0.223 e. The Hall–Kier alpha value is -0.900. The number of Topliss-reactive ketones (excluding diaryl/α,β-unsaturated/α-hetero) is 1. The predicted molar refractivity (Wildman–Crippen MR) is 56.4 cm³/mol. The van der Waals surface area contributed by atoms with Gasteiger partial charge in [0, 0.05) is 25.4 Å². The van der Waals surface area contributed by atoms with Crippen LogP contribution < -0.4 is 0 Å². The van der Waals surface area contributed by atoms with Crippen molar-refractivity contribution in [3.63, 3.8) is 0 Å². The first-order valence-corrected chi connectivity index (χ1v) is 5.55. The van der Waals surface area contributed by atoms with Crippen molar-refractivity contribution in [3.8, 4) is 0 Å². The normalized spacial score (nSPS) is 15.9. The molecular weight excluding hydrogens is 194 g/mol. The van der Waals surface area contributed by atoms with Crippen molar-refractivity contribution < 1.29 is 14.7 Å². The van der Waals surface area contributed by atoms with E-state index in [-0.39, 0.29) is 24.7 Å². The van der Waals surface area contributed by atoms with Crippen LogP contribution in [-0.2, 0) is 9.59 Å². The molecule has 1 N–H and O–H groups in total. The maximum Gasteiger partial charge on any atom is 0.223 e. The van der Waals surface area contributed by atoms with E-state index in [2.05, 4.69) is 0 Å². The van der Waals surface area contributed by atoms with Crippen molar-refractivity contribution in [2.45, 2.75) is 45.1 Å². The summed E-state index contributed by atoms with van der Waals surface area (Å²) in [7, 11) is 0. The summed E-state index contributed by atoms with van der Waals surface area (Å²) in [6, 6.07) is 0.302. The van der Waals surface area contributed by atoms with Gasteiger partial charge in [0.25, 0.3) is 0 Å².